The largest absolute Gasteiger partial charge is 0.434 e. The normalized spacial score (nSPS) is 13.8. The molecular weight excluding hydrogens is 351 g/mol. The molecule has 3 aromatic carbocycles. The first kappa shape index (κ1) is 14.6. The summed E-state index contributed by atoms with van der Waals surface area (Å²) in [6.45, 7) is 0. The van der Waals surface area contributed by atoms with E-state index in [0.29, 0.717) is 0 Å². The molecule has 1 aliphatic heterocycles. The SMILES string of the molecule is Sc1ccc(P2Oc3cc(S)cc4cc(S)cc(c34)O2)cc1. The zero-order valence-corrected chi connectivity index (χ0v) is 14.8. The zero-order valence-electron chi connectivity index (χ0n) is 11.2. The van der Waals surface area contributed by atoms with E-state index < -0.39 is 8.38 Å². The lowest BCUT2D eigenvalue weighted by molar-refractivity contribution is 0.488. The average molecular weight is 362 g/mol. The van der Waals surface area contributed by atoms with Crippen LogP contribution < -0.4 is 14.4 Å². The number of rotatable bonds is 1. The van der Waals surface area contributed by atoms with E-state index in [2.05, 4.69) is 37.9 Å². The number of benzene rings is 3. The van der Waals surface area contributed by atoms with Gasteiger partial charge in [0, 0.05) is 14.7 Å². The molecule has 3 aromatic rings. The van der Waals surface area contributed by atoms with Crippen LogP contribution in [-0.2, 0) is 0 Å². The van der Waals surface area contributed by atoms with Crippen molar-refractivity contribution < 1.29 is 9.05 Å². The molecule has 0 amide bonds. The van der Waals surface area contributed by atoms with Crippen LogP contribution in [-0.4, -0.2) is 0 Å². The average Bonchev–Trinajstić information content (AvgIpc) is 2.46. The minimum absolute atomic E-state index is 0.804. The summed E-state index contributed by atoms with van der Waals surface area (Å²) in [5, 5.41) is 2.99. The molecule has 0 unspecified atom stereocenters. The minimum atomic E-state index is -1.22. The third kappa shape index (κ3) is 2.56. The predicted molar refractivity (Wildman–Crippen MR) is 100.0 cm³/mol. The fraction of sp³-hybridized carbons (Fsp3) is 0. The molecule has 0 bridgehead atoms. The van der Waals surface area contributed by atoms with Gasteiger partial charge >= 0.3 is 8.38 Å². The summed E-state index contributed by atoms with van der Waals surface area (Å²) in [7, 11) is -1.22. The second kappa shape index (κ2) is 5.57. The molecule has 4 rings (SSSR count). The summed E-state index contributed by atoms with van der Waals surface area (Å²) >= 11 is 13.2. The summed E-state index contributed by atoms with van der Waals surface area (Å²) in [5.74, 6) is 1.61. The third-order valence-corrected chi connectivity index (χ3v) is 5.63. The van der Waals surface area contributed by atoms with Gasteiger partial charge in [0.25, 0.3) is 0 Å². The Labute approximate surface area is 146 Å². The van der Waals surface area contributed by atoms with Crippen molar-refractivity contribution in [1.82, 2.24) is 0 Å². The molecule has 0 saturated heterocycles. The fourth-order valence-corrected chi connectivity index (χ4v) is 4.38. The van der Waals surface area contributed by atoms with Crippen LogP contribution in [0, 0.1) is 0 Å². The van der Waals surface area contributed by atoms with Crippen LogP contribution in [0.4, 0.5) is 0 Å². The molecule has 110 valence electrons. The van der Waals surface area contributed by atoms with Gasteiger partial charge in [-0.15, -0.1) is 37.9 Å². The smallest absolute Gasteiger partial charge is 0.326 e. The van der Waals surface area contributed by atoms with E-state index in [9.17, 15) is 0 Å². The Morgan fingerprint density at radius 3 is 1.77 bits per heavy atom. The molecule has 0 atom stereocenters. The molecule has 22 heavy (non-hydrogen) atoms. The second-order valence-corrected chi connectivity index (χ2v) is 7.89. The van der Waals surface area contributed by atoms with E-state index in [-0.39, 0.29) is 0 Å². The Morgan fingerprint density at radius 1 is 0.682 bits per heavy atom. The van der Waals surface area contributed by atoms with Crippen LogP contribution in [0.15, 0.2) is 63.2 Å². The maximum Gasteiger partial charge on any atom is 0.326 e. The van der Waals surface area contributed by atoms with Gasteiger partial charge in [0.2, 0.25) is 0 Å². The van der Waals surface area contributed by atoms with Gasteiger partial charge in [-0.2, -0.15) is 0 Å². The minimum Gasteiger partial charge on any atom is -0.434 e. The Hall–Kier alpha value is -1.00. The van der Waals surface area contributed by atoms with Crippen molar-refractivity contribution in [1.29, 1.82) is 0 Å². The van der Waals surface area contributed by atoms with Crippen molar-refractivity contribution in [3.8, 4) is 11.5 Å². The van der Waals surface area contributed by atoms with Gasteiger partial charge in [0.15, 0.2) is 0 Å². The zero-order chi connectivity index (χ0) is 15.3. The number of hydrogen-bond acceptors (Lipinski definition) is 5. The van der Waals surface area contributed by atoms with Crippen molar-refractivity contribution in [3.63, 3.8) is 0 Å². The molecule has 1 heterocycles. The van der Waals surface area contributed by atoms with Gasteiger partial charge in [-0.3, -0.25) is 0 Å². The molecule has 2 nitrogen and oxygen atoms in total. The van der Waals surface area contributed by atoms with Crippen molar-refractivity contribution in [2.75, 3.05) is 0 Å². The van der Waals surface area contributed by atoms with E-state index in [0.717, 1.165) is 42.3 Å². The summed E-state index contributed by atoms with van der Waals surface area (Å²) < 4.78 is 12.2. The quantitative estimate of drug-likeness (QED) is 0.412. The van der Waals surface area contributed by atoms with Crippen LogP contribution in [0.1, 0.15) is 0 Å². The van der Waals surface area contributed by atoms with Crippen LogP contribution in [0.25, 0.3) is 10.8 Å². The topological polar surface area (TPSA) is 18.5 Å². The van der Waals surface area contributed by atoms with Crippen LogP contribution >= 0.6 is 46.3 Å². The summed E-state index contributed by atoms with van der Waals surface area (Å²) in [6.07, 6.45) is 0. The monoisotopic (exact) mass is 362 g/mol. The lowest BCUT2D eigenvalue weighted by Crippen LogP contribution is -2.13. The third-order valence-electron chi connectivity index (χ3n) is 3.37. The summed E-state index contributed by atoms with van der Waals surface area (Å²) in [5.41, 5.74) is 0. The first-order chi connectivity index (χ1) is 10.6. The van der Waals surface area contributed by atoms with Gasteiger partial charge in [-0.05, 0) is 53.9 Å². The van der Waals surface area contributed by atoms with E-state index in [4.69, 9.17) is 9.05 Å². The summed E-state index contributed by atoms with van der Waals surface area (Å²) in [4.78, 5) is 2.62. The second-order valence-electron chi connectivity index (χ2n) is 4.94. The maximum atomic E-state index is 6.09. The molecular formula is C16H11O2PS3. The Balaban J connectivity index is 1.86. The highest BCUT2D eigenvalue weighted by molar-refractivity contribution is 7.80. The van der Waals surface area contributed by atoms with Crippen LogP contribution in [0.3, 0.4) is 0 Å². The summed E-state index contributed by atoms with van der Waals surface area (Å²) in [6, 6.07) is 15.7. The Kier molecular flexibility index (Phi) is 3.69. The first-order valence-electron chi connectivity index (χ1n) is 6.55. The first-order valence-corrected chi connectivity index (χ1v) is 9.07. The van der Waals surface area contributed by atoms with Gasteiger partial charge in [-0.1, -0.05) is 0 Å². The lowest BCUT2D eigenvalue weighted by atomic mass is 10.1. The number of hydrogen-bond donors (Lipinski definition) is 3. The number of thiol groups is 3. The van der Waals surface area contributed by atoms with Crippen LogP contribution in [0.5, 0.6) is 11.5 Å². The highest BCUT2D eigenvalue weighted by atomic mass is 32.1. The van der Waals surface area contributed by atoms with E-state index in [1.807, 2.05) is 48.5 Å². The fourth-order valence-electron chi connectivity index (χ4n) is 2.43. The molecule has 0 spiro atoms. The van der Waals surface area contributed by atoms with Gasteiger partial charge in [0.05, 0.1) is 10.7 Å². The van der Waals surface area contributed by atoms with Crippen molar-refractivity contribution in [2.24, 2.45) is 0 Å². The standard InChI is InChI=1S/C16H11O2PS3/c20-11-3-1-10(2-4-11)19-17-14-7-12(21)5-9-6-13(22)8-15(18-19)16(9)14/h1-8,20-22H. The van der Waals surface area contributed by atoms with Gasteiger partial charge < -0.3 is 9.05 Å². The molecule has 0 aromatic heterocycles. The molecule has 0 aliphatic carbocycles. The Bertz CT molecular complexity index is 834. The molecule has 0 saturated carbocycles. The predicted octanol–water partition coefficient (Wildman–Crippen LogP) is 5.11. The molecule has 0 fully saturated rings. The van der Waals surface area contributed by atoms with Crippen molar-refractivity contribution >= 4 is 62.3 Å². The maximum absolute atomic E-state index is 6.09. The highest BCUT2D eigenvalue weighted by Crippen LogP contribution is 2.52. The van der Waals surface area contributed by atoms with Crippen molar-refractivity contribution in [2.45, 2.75) is 14.7 Å². The van der Waals surface area contributed by atoms with E-state index >= 15 is 0 Å². The van der Waals surface area contributed by atoms with Crippen LogP contribution in [0.2, 0.25) is 0 Å². The lowest BCUT2D eigenvalue weighted by Gasteiger charge is -2.26. The highest BCUT2D eigenvalue weighted by Gasteiger charge is 2.27. The molecule has 1 aliphatic rings. The molecule has 6 heteroatoms. The van der Waals surface area contributed by atoms with Gasteiger partial charge in [-0.25, -0.2) is 0 Å². The molecule has 0 radical (unpaired) electrons. The Morgan fingerprint density at radius 2 is 1.23 bits per heavy atom. The van der Waals surface area contributed by atoms with E-state index in [1.165, 1.54) is 0 Å². The van der Waals surface area contributed by atoms with Crippen molar-refractivity contribution in [3.05, 3.63) is 48.5 Å². The molecule has 0 N–H and O–H groups in total. The van der Waals surface area contributed by atoms with E-state index in [1.54, 1.807) is 0 Å². The van der Waals surface area contributed by atoms with Gasteiger partial charge in [0.1, 0.15) is 11.5 Å².